The molecule has 0 aromatic carbocycles. The van der Waals surface area contributed by atoms with Crippen LogP contribution in [-0.4, -0.2) is 42.8 Å². The van der Waals surface area contributed by atoms with E-state index < -0.39 is 0 Å². The highest BCUT2D eigenvalue weighted by Gasteiger charge is 2.31. The molecule has 1 fully saturated rings. The second kappa shape index (κ2) is 7.42. The van der Waals surface area contributed by atoms with Crippen molar-refractivity contribution in [2.24, 2.45) is 0 Å². The average Bonchev–Trinajstić information content (AvgIpc) is 3.23. The molecule has 0 spiro atoms. The molecule has 2 aromatic rings. The minimum Gasteiger partial charge on any atom is -0.351 e. The van der Waals surface area contributed by atoms with Gasteiger partial charge in [-0.3, -0.25) is 19.6 Å². The number of rotatable bonds is 5. The molecule has 0 aliphatic carbocycles. The first-order valence-corrected chi connectivity index (χ1v) is 8.37. The maximum absolute atomic E-state index is 12.7. The molecule has 1 N–H and O–H groups in total. The van der Waals surface area contributed by atoms with Crippen molar-refractivity contribution >= 4 is 11.8 Å². The van der Waals surface area contributed by atoms with Crippen LogP contribution in [0.2, 0.25) is 0 Å². The molecule has 3 rings (SSSR count). The first-order valence-electron chi connectivity index (χ1n) is 8.37. The van der Waals surface area contributed by atoms with Crippen molar-refractivity contribution in [3.63, 3.8) is 0 Å². The SMILES string of the molecule is CC(=O)NCc1cncc([C@H]2CCCN2C(=O)Cn2ccnc2C)n1. The van der Waals surface area contributed by atoms with Gasteiger partial charge in [0.15, 0.2) is 0 Å². The van der Waals surface area contributed by atoms with Gasteiger partial charge in [0, 0.05) is 25.9 Å². The van der Waals surface area contributed by atoms with Crippen molar-refractivity contribution in [3.8, 4) is 0 Å². The van der Waals surface area contributed by atoms with Crippen molar-refractivity contribution in [3.05, 3.63) is 42.0 Å². The minimum absolute atomic E-state index is 0.0534. The molecular weight excluding hydrogens is 320 g/mol. The van der Waals surface area contributed by atoms with Gasteiger partial charge in [-0.05, 0) is 19.8 Å². The number of carbonyl (C=O) groups is 2. The number of aromatic nitrogens is 4. The van der Waals surface area contributed by atoms with Crippen LogP contribution in [0.25, 0.3) is 0 Å². The first-order chi connectivity index (χ1) is 12.0. The molecule has 1 aliphatic heterocycles. The van der Waals surface area contributed by atoms with Crippen LogP contribution in [0.5, 0.6) is 0 Å². The third-order valence-electron chi connectivity index (χ3n) is 4.37. The summed E-state index contributed by atoms with van der Waals surface area (Å²) in [4.78, 5) is 38.6. The maximum Gasteiger partial charge on any atom is 0.243 e. The molecule has 3 heterocycles. The fourth-order valence-electron chi connectivity index (χ4n) is 3.06. The van der Waals surface area contributed by atoms with E-state index in [4.69, 9.17) is 0 Å². The van der Waals surface area contributed by atoms with Crippen LogP contribution >= 0.6 is 0 Å². The smallest absolute Gasteiger partial charge is 0.243 e. The number of likely N-dealkylation sites (tertiary alicyclic amines) is 1. The zero-order chi connectivity index (χ0) is 17.8. The van der Waals surface area contributed by atoms with Gasteiger partial charge in [-0.1, -0.05) is 0 Å². The number of carbonyl (C=O) groups excluding carboxylic acids is 2. The molecular formula is C17H22N6O2. The Morgan fingerprint density at radius 3 is 2.92 bits per heavy atom. The van der Waals surface area contributed by atoms with E-state index in [1.54, 1.807) is 18.6 Å². The molecule has 0 unspecified atom stereocenters. The number of aryl methyl sites for hydroxylation is 1. The third kappa shape index (κ3) is 4.01. The van der Waals surface area contributed by atoms with Gasteiger partial charge in [-0.2, -0.15) is 0 Å². The van der Waals surface area contributed by atoms with E-state index in [1.165, 1.54) is 6.92 Å². The van der Waals surface area contributed by atoms with Crippen molar-refractivity contribution in [2.75, 3.05) is 6.54 Å². The largest absolute Gasteiger partial charge is 0.351 e. The van der Waals surface area contributed by atoms with E-state index in [0.717, 1.165) is 30.9 Å². The van der Waals surface area contributed by atoms with Gasteiger partial charge in [0.1, 0.15) is 12.4 Å². The molecule has 0 bridgehead atoms. The van der Waals surface area contributed by atoms with Crippen LogP contribution in [0.1, 0.15) is 43.0 Å². The Balaban J connectivity index is 1.72. The zero-order valence-electron chi connectivity index (χ0n) is 14.5. The monoisotopic (exact) mass is 342 g/mol. The zero-order valence-corrected chi connectivity index (χ0v) is 14.5. The summed E-state index contributed by atoms with van der Waals surface area (Å²) in [7, 11) is 0. The third-order valence-corrected chi connectivity index (χ3v) is 4.37. The van der Waals surface area contributed by atoms with Gasteiger partial charge < -0.3 is 14.8 Å². The van der Waals surface area contributed by atoms with E-state index in [2.05, 4.69) is 20.3 Å². The summed E-state index contributed by atoms with van der Waals surface area (Å²) < 4.78 is 1.84. The van der Waals surface area contributed by atoms with Gasteiger partial charge in [0.25, 0.3) is 0 Å². The summed E-state index contributed by atoms with van der Waals surface area (Å²) in [5.74, 6) is 0.763. The van der Waals surface area contributed by atoms with Gasteiger partial charge in [-0.25, -0.2) is 4.98 Å². The lowest BCUT2D eigenvalue weighted by Gasteiger charge is -2.24. The van der Waals surface area contributed by atoms with E-state index in [0.29, 0.717) is 12.2 Å². The van der Waals surface area contributed by atoms with Crippen LogP contribution < -0.4 is 5.32 Å². The summed E-state index contributed by atoms with van der Waals surface area (Å²) in [5, 5.41) is 2.72. The normalized spacial score (nSPS) is 16.9. The van der Waals surface area contributed by atoms with E-state index in [1.807, 2.05) is 22.6 Å². The van der Waals surface area contributed by atoms with Gasteiger partial charge >= 0.3 is 0 Å². The average molecular weight is 342 g/mol. The summed E-state index contributed by atoms with van der Waals surface area (Å²) in [6.07, 6.45) is 8.66. The lowest BCUT2D eigenvalue weighted by molar-refractivity contribution is -0.132. The first kappa shape index (κ1) is 17.1. The van der Waals surface area contributed by atoms with E-state index in [-0.39, 0.29) is 24.4 Å². The highest BCUT2D eigenvalue weighted by Crippen LogP contribution is 2.30. The summed E-state index contributed by atoms with van der Waals surface area (Å²) in [6.45, 7) is 4.68. The summed E-state index contributed by atoms with van der Waals surface area (Å²) in [5.41, 5.74) is 1.47. The minimum atomic E-state index is -0.111. The van der Waals surface area contributed by atoms with Crippen LogP contribution in [-0.2, 0) is 22.7 Å². The Hall–Kier alpha value is -2.77. The molecule has 8 nitrogen and oxygen atoms in total. The summed E-state index contributed by atoms with van der Waals surface area (Å²) >= 11 is 0. The van der Waals surface area contributed by atoms with Crippen molar-refractivity contribution in [2.45, 2.75) is 45.8 Å². The lowest BCUT2D eigenvalue weighted by atomic mass is 10.1. The standard InChI is InChI=1S/C17H22N6O2/c1-12-19-5-7-22(12)11-17(25)23-6-3-4-16(23)15-10-18-8-14(21-15)9-20-13(2)24/h5,7-8,10,16H,3-4,6,9,11H2,1-2H3,(H,20,24)/t16-/m1/s1. The van der Waals surface area contributed by atoms with Crippen LogP contribution in [0, 0.1) is 6.92 Å². The molecule has 25 heavy (non-hydrogen) atoms. The maximum atomic E-state index is 12.7. The Morgan fingerprint density at radius 1 is 1.36 bits per heavy atom. The number of hydrogen-bond acceptors (Lipinski definition) is 5. The molecule has 2 amide bonds. The highest BCUT2D eigenvalue weighted by atomic mass is 16.2. The second-order valence-corrected chi connectivity index (χ2v) is 6.19. The molecule has 1 aliphatic rings. The molecule has 132 valence electrons. The number of nitrogens with zero attached hydrogens (tertiary/aromatic N) is 5. The lowest BCUT2D eigenvalue weighted by Crippen LogP contribution is -2.34. The summed E-state index contributed by atoms with van der Waals surface area (Å²) in [6, 6.07) is -0.0684. The Kier molecular flexibility index (Phi) is 5.06. The van der Waals surface area contributed by atoms with E-state index in [9.17, 15) is 9.59 Å². The topological polar surface area (TPSA) is 93.0 Å². The Bertz CT molecular complexity index is 772. The van der Waals surface area contributed by atoms with Crippen molar-refractivity contribution < 1.29 is 9.59 Å². The van der Waals surface area contributed by atoms with Crippen LogP contribution in [0.15, 0.2) is 24.8 Å². The molecule has 8 heteroatoms. The predicted molar refractivity (Wildman–Crippen MR) is 90.2 cm³/mol. The fraction of sp³-hybridized carbons (Fsp3) is 0.471. The van der Waals surface area contributed by atoms with Crippen LogP contribution in [0.4, 0.5) is 0 Å². The van der Waals surface area contributed by atoms with E-state index >= 15 is 0 Å². The highest BCUT2D eigenvalue weighted by molar-refractivity contribution is 5.77. The number of amides is 2. The molecule has 0 radical (unpaired) electrons. The fourth-order valence-corrected chi connectivity index (χ4v) is 3.06. The number of imidazole rings is 1. The molecule has 0 saturated carbocycles. The molecule has 2 aromatic heterocycles. The predicted octanol–water partition coefficient (Wildman–Crippen LogP) is 0.981. The Morgan fingerprint density at radius 2 is 2.20 bits per heavy atom. The Labute approximate surface area is 146 Å². The van der Waals surface area contributed by atoms with Crippen LogP contribution in [0.3, 0.4) is 0 Å². The van der Waals surface area contributed by atoms with Crippen molar-refractivity contribution in [1.29, 1.82) is 0 Å². The number of nitrogens with one attached hydrogen (secondary N) is 1. The van der Waals surface area contributed by atoms with Crippen molar-refractivity contribution in [1.82, 2.24) is 29.7 Å². The quantitative estimate of drug-likeness (QED) is 0.874. The molecule has 1 saturated heterocycles. The number of hydrogen-bond donors (Lipinski definition) is 1. The van der Waals surface area contributed by atoms with Gasteiger partial charge in [-0.15, -0.1) is 0 Å². The van der Waals surface area contributed by atoms with Gasteiger partial charge in [0.2, 0.25) is 11.8 Å². The van der Waals surface area contributed by atoms with Gasteiger partial charge in [0.05, 0.1) is 36.4 Å². The second-order valence-electron chi connectivity index (χ2n) is 6.19. The molecule has 1 atom stereocenters.